The van der Waals surface area contributed by atoms with E-state index in [1.807, 2.05) is 6.07 Å². The van der Waals surface area contributed by atoms with Crippen LogP contribution >= 0.6 is 0 Å². The van der Waals surface area contributed by atoms with Crippen molar-refractivity contribution in [2.75, 3.05) is 32.1 Å². The highest BCUT2D eigenvalue weighted by Gasteiger charge is 2.36. The van der Waals surface area contributed by atoms with Gasteiger partial charge in [0.2, 0.25) is 11.9 Å². The summed E-state index contributed by atoms with van der Waals surface area (Å²) in [7, 11) is 3.29. The van der Waals surface area contributed by atoms with E-state index in [9.17, 15) is 18.8 Å². The minimum Gasteiger partial charge on any atom is -0.479 e. The Balaban J connectivity index is 1.47. The summed E-state index contributed by atoms with van der Waals surface area (Å²) in [6.07, 6.45) is 1.00. The number of halogens is 1. The lowest BCUT2D eigenvalue weighted by atomic mass is 10.1. The van der Waals surface area contributed by atoms with Crippen molar-refractivity contribution < 1.29 is 23.5 Å². The fraction of sp³-hybridized carbons (Fsp3) is 0.333. The molecule has 8 nitrogen and oxygen atoms in total. The van der Waals surface area contributed by atoms with E-state index in [0.29, 0.717) is 36.5 Å². The maximum atomic E-state index is 12.9. The normalized spacial score (nSPS) is 18.0. The number of hydrogen-bond donors (Lipinski definition) is 0. The molecule has 1 aromatic carbocycles. The lowest BCUT2D eigenvalue weighted by Crippen LogP contribution is -2.36. The predicted molar refractivity (Wildman–Crippen MR) is 105 cm³/mol. The summed E-state index contributed by atoms with van der Waals surface area (Å²) in [5.74, 6) is -0.905. The Bertz CT molecular complexity index is 1010. The number of ether oxygens (including phenoxy) is 1. The smallest absolute Gasteiger partial charge is 0.268 e. The van der Waals surface area contributed by atoms with Gasteiger partial charge in [0.25, 0.3) is 11.8 Å². The molecule has 3 heterocycles. The fourth-order valence-electron chi connectivity index (χ4n) is 3.57. The number of aromatic nitrogens is 1. The van der Waals surface area contributed by atoms with Crippen molar-refractivity contribution >= 4 is 23.4 Å². The third kappa shape index (κ3) is 3.70. The van der Waals surface area contributed by atoms with E-state index in [4.69, 9.17) is 4.74 Å². The largest absolute Gasteiger partial charge is 0.479 e. The van der Waals surface area contributed by atoms with Crippen LogP contribution in [0.4, 0.5) is 10.1 Å². The van der Waals surface area contributed by atoms with Gasteiger partial charge in [0.05, 0.1) is 6.20 Å². The van der Waals surface area contributed by atoms with Crippen molar-refractivity contribution in [1.29, 1.82) is 0 Å². The van der Waals surface area contributed by atoms with Crippen molar-refractivity contribution in [3.8, 4) is 5.75 Å². The molecule has 30 heavy (non-hydrogen) atoms. The minimum atomic E-state index is -0.699. The van der Waals surface area contributed by atoms with E-state index in [1.54, 1.807) is 31.1 Å². The summed E-state index contributed by atoms with van der Waals surface area (Å²) >= 11 is 0. The van der Waals surface area contributed by atoms with Crippen molar-refractivity contribution in [2.45, 2.75) is 19.1 Å². The average molecular weight is 412 g/mol. The molecule has 1 aromatic heterocycles. The zero-order valence-corrected chi connectivity index (χ0v) is 16.7. The Kier molecular flexibility index (Phi) is 5.11. The molecule has 1 fully saturated rings. The second kappa shape index (κ2) is 7.74. The van der Waals surface area contributed by atoms with Gasteiger partial charge in [-0.2, -0.15) is 4.39 Å². The molecule has 0 radical (unpaired) electrons. The van der Waals surface area contributed by atoms with Crippen molar-refractivity contribution in [3.63, 3.8) is 0 Å². The second-order valence-electron chi connectivity index (χ2n) is 7.49. The first kappa shape index (κ1) is 19.8. The van der Waals surface area contributed by atoms with Crippen LogP contribution in [0, 0.1) is 5.95 Å². The summed E-state index contributed by atoms with van der Waals surface area (Å²) < 4.78 is 18.6. The molecule has 4 rings (SSSR count). The maximum Gasteiger partial charge on any atom is 0.268 e. The number of anilines is 1. The lowest BCUT2D eigenvalue weighted by molar-refractivity contribution is -0.129. The van der Waals surface area contributed by atoms with Gasteiger partial charge >= 0.3 is 0 Å². The van der Waals surface area contributed by atoms with E-state index in [1.165, 1.54) is 28.1 Å². The molecule has 1 atom stereocenters. The third-order valence-corrected chi connectivity index (χ3v) is 5.24. The molecule has 0 saturated carbocycles. The van der Waals surface area contributed by atoms with E-state index in [-0.39, 0.29) is 24.3 Å². The monoisotopic (exact) mass is 412 g/mol. The topological polar surface area (TPSA) is 83.1 Å². The molecular weight excluding hydrogens is 391 g/mol. The van der Waals surface area contributed by atoms with Crippen LogP contribution in [0.15, 0.2) is 36.5 Å². The molecule has 3 amide bonds. The average Bonchev–Trinajstić information content (AvgIpc) is 3.23. The van der Waals surface area contributed by atoms with Crippen LogP contribution in [0.1, 0.15) is 22.3 Å². The molecule has 2 aromatic rings. The highest BCUT2D eigenvalue weighted by atomic mass is 19.1. The Morgan fingerprint density at radius 1 is 1.27 bits per heavy atom. The zero-order chi connectivity index (χ0) is 21.4. The number of benzene rings is 1. The minimum absolute atomic E-state index is 0.0140. The number of likely N-dealkylation sites (N-methyl/N-ethyl adjacent to an activating group) is 1. The summed E-state index contributed by atoms with van der Waals surface area (Å²) in [4.78, 5) is 45.5. The van der Waals surface area contributed by atoms with E-state index in [0.717, 1.165) is 5.56 Å². The van der Waals surface area contributed by atoms with Crippen molar-refractivity contribution in [1.82, 2.24) is 14.8 Å². The summed E-state index contributed by atoms with van der Waals surface area (Å²) in [5, 5.41) is 0. The van der Waals surface area contributed by atoms with Gasteiger partial charge in [0.1, 0.15) is 12.3 Å². The standard InChI is InChI=1S/C21H21FN4O4/c1-24(2)19(27)12-25-11-13-3-4-14(9-16(13)20(25)28)26-8-7-17(21(26)29)30-15-5-6-18(22)23-10-15/h3-6,9-10,17H,7-8,11-12H2,1-2H3. The van der Waals surface area contributed by atoms with Crippen LogP contribution in [0.5, 0.6) is 5.75 Å². The van der Waals surface area contributed by atoms with Crippen molar-refractivity contribution in [3.05, 3.63) is 53.6 Å². The molecule has 156 valence electrons. The molecule has 0 aliphatic carbocycles. The van der Waals surface area contributed by atoms with Gasteiger partial charge in [-0.25, -0.2) is 4.98 Å². The van der Waals surface area contributed by atoms with Crippen LogP contribution < -0.4 is 9.64 Å². The highest BCUT2D eigenvalue weighted by molar-refractivity contribution is 6.03. The summed E-state index contributed by atoms with van der Waals surface area (Å²) in [6, 6.07) is 7.90. The van der Waals surface area contributed by atoms with Gasteiger partial charge in [-0.3, -0.25) is 14.4 Å². The predicted octanol–water partition coefficient (Wildman–Crippen LogP) is 1.45. The van der Waals surface area contributed by atoms with Gasteiger partial charge in [-0.1, -0.05) is 6.07 Å². The number of carbonyl (C=O) groups excluding carboxylic acids is 3. The molecule has 0 spiro atoms. The van der Waals surface area contributed by atoms with E-state index in [2.05, 4.69) is 4.98 Å². The van der Waals surface area contributed by atoms with Gasteiger partial charge in [0, 0.05) is 44.9 Å². The number of fused-ring (bicyclic) bond motifs is 1. The van der Waals surface area contributed by atoms with Crippen LogP contribution in [0.3, 0.4) is 0 Å². The van der Waals surface area contributed by atoms with Crippen LogP contribution in [0.25, 0.3) is 0 Å². The van der Waals surface area contributed by atoms with E-state index < -0.39 is 12.1 Å². The first-order valence-electron chi connectivity index (χ1n) is 9.55. The van der Waals surface area contributed by atoms with Gasteiger partial charge in [-0.15, -0.1) is 0 Å². The first-order valence-corrected chi connectivity index (χ1v) is 9.55. The molecule has 1 unspecified atom stereocenters. The maximum absolute atomic E-state index is 12.9. The summed E-state index contributed by atoms with van der Waals surface area (Å²) in [5.41, 5.74) is 1.93. The molecule has 2 aliphatic rings. The number of pyridine rings is 1. The molecular formula is C21H21FN4O4. The number of hydrogen-bond acceptors (Lipinski definition) is 5. The quantitative estimate of drug-likeness (QED) is 0.695. The SMILES string of the molecule is CN(C)C(=O)CN1Cc2ccc(N3CCC(Oc4ccc(F)nc4)C3=O)cc2C1=O. The molecule has 0 N–H and O–H groups in total. The Morgan fingerprint density at radius 3 is 2.77 bits per heavy atom. The van der Waals surface area contributed by atoms with Crippen LogP contribution in [-0.4, -0.2) is 65.8 Å². The lowest BCUT2D eigenvalue weighted by Gasteiger charge is -2.18. The van der Waals surface area contributed by atoms with Gasteiger partial charge in [0.15, 0.2) is 6.10 Å². The molecule has 9 heteroatoms. The number of rotatable bonds is 5. The van der Waals surface area contributed by atoms with Gasteiger partial charge < -0.3 is 19.4 Å². The number of nitrogens with zero attached hydrogens (tertiary/aromatic N) is 4. The Labute approximate surface area is 172 Å². The van der Waals surface area contributed by atoms with Crippen molar-refractivity contribution in [2.24, 2.45) is 0 Å². The number of amides is 3. The molecule has 1 saturated heterocycles. The highest BCUT2D eigenvalue weighted by Crippen LogP contribution is 2.30. The first-order chi connectivity index (χ1) is 14.3. The van der Waals surface area contributed by atoms with Crippen LogP contribution in [0.2, 0.25) is 0 Å². The molecule has 2 aliphatic heterocycles. The second-order valence-corrected chi connectivity index (χ2v) is 7.49. The van der Waals surface area contributed by atoms with Crippen LogP contribution in [-0.2, 0) is 16.1 Å². The molecule has 0 bridgehead atoms. The van der Waals surface area contributed by atoms with E-state index >= 15 is 0 Å². The zero-order valence-electron chi connectivity index (χ0n) is 16.7. The summed E-state index contributed by atoms with van der Waals surface area (Å²) in [6.45, 7) is 0.819. The fourth-order valence-corrected chi connectivity index (χ4v) is 3.57. The Morgan fingerprint density at radius 2 is 2.07 bits per heavy atom. The van der Waals surface area contributed by atoms with Gasteiger partial charge in [-0.05, 0) is 29.8 Å². The third-order valence-electron chi connectivity index (χ3n) is 5.24. The number of carbonyl (C=O) groups is 3. The Hall–Kier alpha value is -3.49.